The minimum Gasteiger partial charge on any atom is -0.508 e. The quantitative estimate of drug-likeness (QED) is 0.830. The van der Waals surface area contributed by atoms with Gasteiger partial charge in [0, 0.05) is 13.2 Å². The lowest BCUT2D eigenvalue weighted by Gasteiger charge is -2.30. The maximum absolute atomic E-state index is 13.2. The first-order valence-corrected chi connectivity index (χ1v) is 5.13. The summed E-state index contributed by atoms with van der Waals surface area (Å²) in [5, 5.41) is 9.35. The van der Waals surface area contributed by atoms with Crippen LogP contribution in [0.4, 0.5) is 4.39 Å². The molecule has 0 aliphatic rings. The molecule has 2 nitrogen and oxygen atoms in total. The number of methoxy groups -OCH3 is 1. The van der Waals surface area contributed by atoms with Crippen LogP contribution in [0.3, 0.4) is 0 Å². The van der Waals surface area contributed by atoms with Crippen molar-refractivity contribution in [3.63, 3.8) is 0 Å². The Morgan fingerprint density at radius 1 is 1.27 bits per heavy atom. The first kappa shape index (κ1) is 12.0. The molecule has 0 bridgehead atoms. The van der Waals surface area contributed by atoms with Gasteiger partial charge in [0.1, 0.15) is 11.6 Å². The number of aromatic hydroxyl groups is 1. The van der Waals surface area contributed by atoms with Crippen molar-refractivity contribution in [1.29, 1.82) is 0 Å². The molecule has 0 aliphatic carbocycles. The normalized spacial score (nSPS) is 11.7. The highest BCUT2D eigenvalue weighted by molar-refractivity contribution is 5.32. The molecule has 0 saturated carbocycles. The van der Waals surface area contributed by atoms with Crippen molar-refractivity contribution in [3.8, 4) is 5.75 Å². The van der Waals surface area contributed by atoms with Crippen LogP contribution in [-0.2, 0) is 10.3 Å². The number of hydrogen-bond acceptors (Lipinski definition) is 2. The van der Waals surface area contributed by atoms with Crippen molar-refractivity contribution in [3.05, 3.63) is 29.6 Å². The number of halogens is 1. The first-order valence-electron chi connectivity index (χ1n) is 5.13. The van der Waals surface area contributed by atoms with E-state index in [9.17, 15) is 9.50 Å². The molecular weight excluding hydrogens is 195 g/mol. The third kappa shape index (κ3) is 2.29. The van der Waals surface area contributed by atoms with Gasteiger partial charge in [-0.15, -0.1) is 0 Å². The number of hydrogen-bond donors (Lipinski definition) is 1. The van der Waals surface area contributed by atoms with E-state index in [0.29, 0.717) is 5.56 Å². The molecule has 0 radical (unpaired) electrons. The fourth-order valence-electron chi connectivity index (χ4n) is 1.90. The van der Waals surface area contributed by atoms with E-state index >= 15 is 0 Å². The second kappa shape index (κ2) is 4.62. The summed E-state index contributed by atoms with van der Waals surface area (Å²) in [6.45, 7) is 3.96. The van der Waals surface area contributed by atoms with Crippen LogP contribution in [0.5, 0.6) is 5.75 Å². The fraction of sp³-hybridized carbons (Fsp3) is 0.500. The fourth-order valence-corrected chi connectivity index (χ4v) is 1.90. The molecule has 0 fully saturated rings. The molecule has 0 heterocycles. The molecule has 1 aromatic rings. The van der Waals surface area contributed by atoms with Crippen LogP contribution in [0.2, 0.25) is 0 Å². The van der Waals surface area contributed by atoms with Crippen LogP contribution >= 0.6 is 0 Å². The maximum Gasteiger partial charge on any atom is 0.127 e. The van der Waals surface area contributed by atoms with Gasteiger partial charge in [0.2, 0.25) is 0 Å². The monoisotopic (exact) mass is 212 g/mol. The SMILES string of the molecule is CCC(CC)(OC)c1cc(O)cc(F)c1. The third-order valence-corrected chi connectivity index (χ3v) is 2.94. The molecule has 84 valence electrons. The average molecular weight is 212 g/mol. The van der Waals surface area contributed by atoms with Crippen LogP contribution < -0.4 is 0 Å². The Morgan fingerprint density at radius 2 is 1.87 bits per heavy atom. The van der Waals surface area contributed by atoms with Crippen molar-refractivity contribution >= 4 is 0 Å². The second-order valence-electron chi connectivity index (χ2n) is 3.60. The topological polar surface area (TPSA) is 29.5 Å². The molecule has 0 amide bonds. The average Bonchev–Trinajstić information content (AvgIpc) is 2.20. The number of ether oxygens (including phenoxy) is 1. The van der Waals surface area contributed by atoms with E-state index in [1.54, 1.807) is 13.2 Å². The smallest absolute Gasteiger partial charge is 0.127 e. The molecule has 3 heteroatoms. The molecule has 1 N–H and O–H groups in total. The predicted octanol–water partition coefficient (Wildman–Crippen LogP) is 3.19. The van der Waals surface area contributed by atoms with Gasteiger partial charge in [-0.2, -0.15) is 0 Å². The predicted molar refractivity (Wildman–Crippen MR) is 57.3 cm³/mol. The summed E-state index contributed by atoms with van der Waals surface area (Å²) in [5.74, 6) is -0.498. The van der Waals surface area contributed by atoms with Crippen molar-refractivity contribution in [1.82, 2.24) is 0 Å². The summed E-state index contributed by atoms with van der Waals surface area (Å²) >= 11 is 0. The minimum absolute atomic E-state index is 0.0617. The summed E-state index contributed by atoms with van der Waals surface area (Å²) < 4.78 is 18.6. The van der Waals surface area contributed by atoms with Crippen molar-refractivity contribution < 1.29 is 14.2 Å². The van der Waals surface area contributed by atoms with Crippen molar-refractivity contribution in [2.24, 2.45) is 0 Å². The number of benzene rings is 1. The highest BCUT2D eigenvalue weighted by Gasteiger charge is 2.28. The molecule has 0 aliphatic heterocycles. The van der Waals surface area contributed by atoms with Gasteiger partial charge in [0.05, 0.1) is 5.60 Å². The van der Waals surface area contributed by atoms with Crippen LogP contribution in [0, 0.1) is 5.82 Å². The lowest BCUT2D eigenvalue weighted by Crippen LogP contribution is -2.26. The Hall–Kier alpha value is -1.09. The maximum atomic E-state index is 13.2. The Bertz CT molecular complexity index is 304. The number of phenolic OH excluding ortho intramolecular Hbond substituents is 1. The number of rotatable bonds is 4. The third-order valence-electron chi connectivity index (χ3n) is 2.94. The molecule has 0 saturated heterocycles. The van der Waals surface area contributed by atoms with Gasteiger partial charge in [-0.3, -0.25) is 0 Å². The zero-order valence-corrected chi connectivity index (χ0v) is 9.38. The lowest BCUT2D eigenvalue weighted by atomic mass is 9.88. The molecule has 1 aromatic carbocycles. The van der Waals surface area contributed by atoms with Gasteiger partial charge in [-0.05, 0) is 30.5 Å². The van der Waals surface area contributed by atoms with E-state index in [-0.39, 0.29) is 5.75 Å². The Labute approximate surface area is 89.7 Å². The van der Waals surface area contributed by atoms with Crippen LogP contribution in [0.1, 0.15) is 32.3 Å². The number of phenols is 1. The van der Waals surface area contributed by atoms with Crippen molar-refractivity contribution in [2.75, 3.05) is 7.11 Å². The van der Waals surface area contributed by atoms with Gasteiger partial charge in [0.25, 0.3) is 0 Å². The molecule has 0 atom stereocenters. The van der Waals surface area contributed by atoms with E-state index < -0.39 is 11.4 Å². The summed E-state index contributed by atoms with van der Waals surface area (Å²) in [7, 11) is 1.61. The van der Waals surface area contributed by atoms with Gasteiger partial charge in [0.15, 0.2) is 0 Å². The molecule has 0 aromatic heterocycles. The van der Waals surface area contributed by atoms with E-state index in [4.69, 9.17) is 4.74 Å². The Balaban J connectivity index is 3.22. The molecule has 0 unspecified atom stereocenters. The summed E-state index contributed by atoms with van der Waals surface area (Å²) in [6.07, 6.45) is 1.48. The summed E-state index contributed by atoms with van der Waals surface area (Å²) in [4.78, 5) is 0. The van der Waals surface area contributed by atoms with Gasteiger partial charge >= 0.3 is 0 Å². The highest BCUT2D eigenvalue weighted by atomic mass is 19.1. The molecule has 1 rings (SSSR count). The Morgan fingerprint density at radius 3 is 2.27 bits per heavy atom. The van der Waals surface area contributed by atoms with Crippen LogP contribution in [-0.4, -0.2) is 12.2 Å². The molecular formula is C12H17FO2. The first-order chi connectivity index (χ1) is 7.07. The zero-order chi connectivity index (χ0) is 11.5. The summed E-state index contributed by atoms with van der Waals surface area (Å²) in [6, 6.07) is 4.06. The summed E-state index contributed by atoms with van der Waals surface area (Å²) in [5.41, 5.74) is 0.187. The Kier molecular flexibility index (Phi) is 3.69. The largest absolute Gasteiger partial charge is 0.508 e. The van der Waals surface area contributed by atoms with Crippen LogP contribution in [0.25, 0.3) is 0 Å². The van der Waals surface area contributed by atoms with E-state index in [0.717, 1.165) is 18.9 Å². The van der Waals surface area contributed by atoms with Gasteiger partial charge in [-0.1, -0.05) is 13.8 Å². The highest BCUT2D eigenvalue weighted by Crippen LogP contribution is 2.34. The van der Waals surface area contributed by atoms with Gasteiger partial charge in [-0.25, -0.2) is 4.39 Å². The zero-order valence-electron chi connectivity index (χ0n) is 9.38. The molecule has 0 spiro atoms. The van der Waals surface area contributed by atoms with Crippen LogP contribution in [0.15, 0.2) is 18.2 Å². The molecule has 15 heavy (non-hydrogen) atoms. The van der Waals surface area contributed by atoms with E-state index in [1.807, 2.05) is 13.8 Å². The minimum atomic E-state index is -0.500. The van der Waals surface area contributed by atoms with E-state index in [2.05, 4.69) is 0 Å². The van der Waals surface area contributed by atoms with E-state index in [1.165, 1.54) is 6.07 Å². The standard InChI is InChI=1S/C12H17FO2/c1-4-12(5-2,15-3)9-6-10(13)8-11(14)7-9/h6-8,14H,4-5H2,1-3H3. The lowest BCUT2D eigenvalue weighted by molar-refractivity contribution is -0.0221. The second-order valence-corrected chi connectivity index (χ2v) is 3.60. The van der Waals surface area contributed by atoms with Gasteiger partial charge < -0.3 is 9.84 Å². The van der Waals surface area contributed by atoms with Crippen molar-refractivity contribution in [2.45, 2.75) is 32.3 Å².